The van der Waals surface area contributed by atoms with Crippen molar-refractivity contribution in [3.8, 4) is 0 Å². The molecule has 1 aliphatic rings. The first-order chi connectivity index (χ1) is 11.1. The van der Waals surface area contributed by atoms with Crippen LogP contribution in [0.3, 0.4) is 0 Å². The molecule has 1 fully saturated rings. The quantitative estimate of drug-likeness (QED) is 0.861. The molecular weight excluding hydrogens is 308 g/mol. The van der Waals surface area contributed by atoms with Crippen LogP contribution in [0.25, 0.3) is 0 Å². The van der Waals surface area contributed by atoms with Crippen LogP contribution in [0.2, 0.25) is 0 Å². The summed E-state index contributed by atoms with van der Waals surface area (Å²) in [6, 6.07) is 4.16. The van der Waals surface area contributed by atoms with Crippen LogP contribution in [-0.2, 0) is 24.8 Å². The van der Waals surface area contributed by atoms with E-state index in [1.807, 2.05) is 22.8 Å². The molecule has 0 atom stereocenters. The molecule has 0 unspecified atom stereocenters. The van der Waals surface area contributed by atoms with E-state index >= 15 is 0 Å². The van der Waals surface area contributed by atoms with E-state index in [9.17, 15) is 4.79 Å². The Morgan fingerprint density at radius 3 is 2.83 bits per heavy atom. The van der Waals surface area contributed by atoms with Gasteiger partial charge in [0.25, 0.3) is 0 Å². The highest BCUT2D eigenvalue weighted by Crippen LogP contribution is 2.17. The van der Waals surface area contributed by atoms with E-state index in [-0.39, 0.29) is 5.91 Å². The van der Waals surface area contributed by atoms with Crippen molar-refractivity contribution in [1.29, 1.82) is 0 Å². The molecule has 0 spiro atoms. The molecule has 0 aromatic carbocycles. The molecule has 0 radical (unpaired) electrons. The van der Waals surface area contributed by atoms with Gasteiger partial charge in [0, 0.05) is 61.3 Å². The number of aromatic nitrogens is 2. The lowest BCUT2D eigenvalue weighted by atomic mass is 10.3. The number of aryl methyl sites for hydroxylation is 2. The molecule has 1 saturated heterocycles. The number of thiophene rings is 1. The Balaban J connectivity index is 1.52. The molecule has 3 heterocycles. The fourth-order valence-corrected chi connectivity index (χ4v) is 3.91. The monoisotopic (exact) mass is 332 g/mol. The average Bonchev–Trinajstić information content (AvgIpc) is 3.02. The maximum Gasteiger partial charge on any atom is 0.227 e. The number of carbonyl (C=O) groups is 1. The minimum absolute atomic E-state index is 0.259. The topological polar surface area (TPSA) is 41.4 Å². The first kappa shape index (κ1) is 16.2. The second-order valence-corrected chi connectivity index (χ2v) is 7.59. The zero-order chi connectivity index (χ0) is 16.2. The molecule has 1 amide bonds. The SMILES string of the molecule is Cc1ccc(CC(=O)N2CCCN(Cc3cnn(C)c3)CC2)s1. The molecule has 0 N–H and O–H groups in total. The second-order valence-electron chi connectivity index (χ2n) is 6.22. The summed E-state index contributed by atoms with van der Waals surface area (Å²) in [5, 5.41) is 4.22. The molecule has 0 saturated carbocycles. The maximum atomic E-state index is 12.5. The Bertz CT molecular complexity index is 663. The van der Waals surface area contributed by atoms with Crippen LogP contribution in [0.4, 0.5) is 0 Å². The predicted octanol–water partition coefficient (Wildman–Crippen LogP) is 2.07. The Kier molecular flexibility index (Phi) is 5.13. The van der Waals surface area contributed by atoms with Gasteiger partial charge in [-0.3, -0.25) is 14.4 Å². The summed E-state index contributed by atoms with van der Waals surface area (Å²) in [4.78, 5) is 19.4. The second kappa shape index (κ2) is 7.27. The van der Waals surface area contributed by atoms with Gasteiger partial charge in [0.2, 0.25) is 5.91 Å². The Labute approximate surface area is 141 Å². The molecule has 1 aliphatic heterocycles. The van der Waals surface area contributed by atoms with Crippen molar-refractivity contribution < 1.29 is 4.79 Å². The lowest BCUT2D eigenvalue weighted by Crippen LogP contribution is -2.35. The third kappa shape index (κ3) is 4.42. The summed E-state index contributed by atoms with van der Waals surface area (Å²) in [6.07, 6.45) is 5.57. The van der Waals surface area contributed by atoms with Gasteiger partial charge in [-0.15, -0.1) is 11.3 Å². The van der Waals surface area contributed by atoms with Gasteiger partial charge in [-0.25, -0.2) is 0 Å². The van der Waals surface area contributed by atoms with E-state index < -0.39 is 0 Å². The van der Waals surface area contributed by atoms with Crippen LogP contribution in [0.15, 0.2) is 24.5 Å². The molecule has 3 rings (SSSR count). The van der Waals surface area contributed by atoms with Crippen LogP contribution in [-0.4, -0.2) is 51.7 Å². The van der Waals surface area contributed by atoms with Gasteiger partial charge < -0.3 is 4.90 Å². The lowest BCUT2D eigenvalue weighted by Gasteiger charge is -2.21. The molecule has 6 heteroatoms. The number of nitrogens with zero attached hydrogens (tertiary/aromatic N) is 4. The largest absolute Gasteiger partial charge is 0.341 e. The van der Waals surface area contributed by atoms with Gasteiger partial charge in [-0.2, -0.15) is 5.10 Å². The summed E-state index contributed by atoms with van der Waals surface area (Å²) in [5.74, 6) is 0.259. The first-order valence-corrected chi connectivity index (χ1v) is 8.95. The van der Waals surface area contributed by atoms with Gasteiger partial charge in [0.1, 0.15) is 0 Å². The van der Waals surface area contributed by atoms with Crippen molar-refractivity contribution in [2.75, 3.05) is 26.2 Å². The third-order valence-corrected chi connectivity index (χ3v) is 5.23. The Morgan fingerprint density at radius 1 is 1.26 bits per heavy atom. The molecule has 2 aromatic rings. The zero-order valence-corrected chi connectivity index (χ0v) is 14.7. The number of rotatable bonds is 4. The van der Waals surface area contributed by atoms with Crippen LogP contribution in [0.1, 0.15) is 21.7 Å². The van der Waals surface area contributed by atoms with Crippen LogP contribution in [0.5, 0.6) is 0 Å². The number of amides is 1. The van der Waals surface area contributed by atoms with E-state index in [0.717, 1.165) is 39.1 Å². The predicted molar refractivity (Wildman–Crippen MR) is 92.4 cm³/mol. The summed E-state index contributed by atoms with van der Waals surface area (Å²) >= 11 is 1.72. The fourth-order valence-electron chi connectivity index (χ4n) is 3.03. The van der Waals surface area contributed by atoms with Crippen molar-refractivity contribution in [2.45, 2.75) is 26.3 Å². The van der Waals surface area contributed by atoms with Crippen molar-refractivity contribution in [3.05, 3.63) is 39.8 Å². The lowest BCUT2D eigenvalue weighted by molar-refractivity contribution is -0.130. The highest BCUT2D eigenvalue weighted by molar-refractivity contribution is 7.12. The number of carbonyl (C=O) groups excluding carboxylic acids is 1. The number of hydrogen-bond acceptors (Lipinski definition) is 4. The average molecular weight is 332 g/mol. The third-order valence-electron chi connectivity index (χ3n) is 4.23. The molecular formula is C17H24N4OS. The molecule has 2 aromatic heterocycles. The Morgan fingerprint density at radius 2 is 2.13 bits per heavy atom. The molecule has 23 heavy (non-hydrogen) atoms. The maximum absolute atomic E-state index is 12.5. The standard InChI is InChI=1S/C17H24N4OS/c1-14-4-5-16(23-14)10-17(22)21-7-3-6-20(8-9-21)13-15-11-18-19(2)12-15/h4-5,11-12H,3,6-10,13H2,1-2H3. The summed E-state index contributed by atoms with van der Waals surface area (Å²) in [5.41, 5.74) is 1.24. The fraction of sp³-hybridized carbons (Fsp3) is 0.529. The molecule has 5 nitrogen and oxygen atoms in total. The molecule has 0 bridgehead atoms. The van der Waals surface area contributed by atoms with Gasteiger partial charge in [-0.1, -0.05) is 0 Å². The van der Waals surface area contributed by atoms with Gasteiger partial charge >= 0.3 is 0 Å². The van der Waals surface area contributed by atoms with Crippen LogP contribution >= 0.6 is 11.3 Å². The Hall–Kier alpha value is -1.66. The van der Waals surface area contributed by atoms with Crippen LogP contribution in [0, 0.1) is 6.92 Å². The van der Waals surface area contributed by atoms with Gasteiger partial charge in [0.15, 0.2) is 0 Å². The normalized spacial score (nSPS) is 16.5. The highest BCUT2D eigenvalue weighted by Gasteiger charge is 2.20. The zero-order valence-electron chi connectivity index (χ0n) is 13.9. The minimum atomic E-state index is 0.259. The minimum Gasteiger partial charge on any atom is -0.341 e. The highest BCUT2D eigenvalue weighted by atomic mass is 32.1. The summed E-state index contributed by atoms with van der Waals surface area (Å²) in [6.45, 7) is 6.66. The van der Waals surface area contributed by atoms with E-state index in [1.165, 1.54) is 15.3 Å². The summed E-state index contributed by atoms with van der Waals surface area (Å²) in [7, 11) is 1.94. The molecule has 124 valence electrons. The van der Waals surface area contributed by atoms with Crippen LogP contribution < -0.4 is 0 Å². The van der Waals surface area contributed by atoms with Crippen molar-refractivity contribution in [3.63, 3.8) is 0 Å². The number of hydrogen-bond donors (Lipinski definition) is 0. The smallest absolute Gasteiger partial charge is 0.227 e. The van der Waals surface area contributed by atoms with E-state index in [2.05, 4.69) is 35.3 Å². The van der Waals surface area contributed by atoms with E-state index in [4.69, 9.17) is 0 Å². The molecule has 0 aliphatic carbocycles. The first-order valence-electron chi connectivity index (χ1n) is 8.13. The van der Waals surface area contributed by atoms with Crippen molar-refractivity contribution in [1.82, 2.24) is 19.6 Å². The summed E-state index contributed by atoms with van der Waals surface area (Å²) < 4.78 is 1.84. The van der Waals surface area contributed by atoms with Crippen molar-refractivity contribution in [2.24, 2.45) is 7.05 Å². The van der Waals surface area contributed by atoms with Crippen molar-refractivity contribution >= 4 is 17.2 Å². The van der Waals surface area contributed by atoms with E-state index in [1.54, 1.807) is 11.3 Å². The van der Waals surface area contributed by atoms with Gasteiger partial charge in [0.05, 0.1) is 12.6 Å². The van der Waals surface area contributed by atoms with E-state index in [0.29, 0.717) is 6.42 Å². The van der Waals surface area contributed by atoms with Gasteiger partial charge in [-0.05, 0) is 25.5 Å².